The maximum Gasteiger partial charge on any atom is 0.237 e. The maximum atomic E-state index is 12.4. The zero-order valence-corrected chi connectivity index (χ0v) is 16.2. The van der Waals surface area contributed by atoms with Gasteiger partial charge >= 0.3 is 0 Å². The molecular formula is C21H28N2O3. The minimum atomic E-state index is -0.242. The third kappa shape index (κ3) is 5.23. The first kappa shape index (κ1) is 19.8. The molecule has 0 spiro atoms. The lowest BCUT2D eigenvalue weighted by molar-refractivity contribution is -0.125. The molecule has 2 aromatic rings. The summed E-state index contributed by atoms with van der Waals surface area (Å²) in [4.78, 5) is 14.4. The molecule has 0 aliphatic carbocycles. The lowest BCUT2D eigenvalue weighted by atomic mass is 10.1. The fourth-order valence-electron chi connectivity index (χ4n) is 2.65. The monoisotopic (exact) mass is 356 g/mol. The highest BCUT2D eigenvalue weighted by molar-refractivity contribution is 5.81. The van der Waals surface area contributed by atoms with Crippen LogP contribution in [0.1, 0.15) is 23.6 Å². The summed E-state index contributed by atoms with van der Waals surface area (Å²) in [6, 6.07) is 13.7. The predicted molar refractivity (Wildman–Crippen MR) is 104 cm³/mol. The van der Waals surface area contributed by atoms with Crippen molar-refractivity contribution in [1.29, 1.82) is 0 Å². The van der Waals surface area contributed by atoms with Crippen molar-refractivity contribution in [1.82, 2.24) is 10.2 Å². The number of benzene rings is 2. The number of aryl methyl sites for hydroxylation is 1. The second kappa shape index (κ2) is 9.25. The topological polar surface area (TPSA) is 50.8 Å². The van der Waals surface area contributed by atoms with E-state index in [1.807, 2.05) is 68.3 Å². The van der Waals surface area contributed by atoms with Gasteiger partial charge in [0.25, 0.3) is 0 Å². The molecule has 0 unspecified atom stereocenters. The molecule has 1 atom stereocenters. The van der Waals surface area contributed by atoms with Crippen LogP contribution in [0.25, 0.3) is 0 Å². The van der Waals surface area contributed by atoms with Crippen LogP contribution < -0.4 is 14.8 Å². The predicted octanol–water partition coefficient (Wildman–Crippen LogP) is 3.15. The number of likely N-dealkylation sites (N-methyl/N-ethyl adjacent to an activating group) is 1. The summed E-state index contributed by atoms with van der Waals surface area (Å²) in [5, 5.41) is 3.00. The summed E-state index contributed by atoms with van der Waals surface area (Å²) in [6.07, 6.45) is 0. The fourth-order valence-corrected chi connectivity index (χ4v) is 2.65. The van der Waals surface area contributed by atoms with Crippen LogP contribution in [0.4, 0.5) is 0 Å². The minimum Gasteiger partial charge on any atom is -0.493 e. The number of hydrogen-bond donors (Lipinski definition) is 1. The van der Waals surface area contributed by atoms with E-state index < -0.39 is 0 Å². The Bertz CT molecular complexity index is 729. The van der Waals surface area contributed by atoms with E-state index in [1.165, 1.54) is 5.56 Å². The molecule has 0 radical (unpaired) electrons. The molecule has 140 valence electrons. The first-order chi connectivity index (χ1) is 12.4. The number of nitrogens with zero attached hydrogens (tertiary/aromatic N) is 1. The first-order valence-corrected chi connectivity index (χ1v) is 8.69. The van der Waals surface area contributed by atoms with Crippen LogP contribution in [0.5, 0.6) is 11.5 Å². The molecule has 0 aliphatic heterocycles. The lowest BCUT2D eigenvalue weighted by Gasteiger charge is -2.24. The van der Waals surface area contributed by atoms with Crippen molar-refractivity contribution < 1.29 is 14.3 Å². The number of carbonyl (C=O) groups excluding carboxylic acids is 1. The van der Waals surface area contributed by atoms with Gasteiger partial charge in [-0.2, -0.15) is 0 Å². The van der Waals surface area contributed by atoms with Crippen molar-refractivity contribution >= 4 is 5.91 Å². The minimum absolute atomic E-state index is 0.00792. The number of methoxy groups -OCH3 is 2. The molecule has 0 bridgehead atoms. The van der Waals surface area contributed by atoms with Crippen molar-refractivity contribution in [3.05, 3.63) is 59.2 Å². The molecule has 0 heterocycles. The van der Waals surface area contributed by atoms with Crippen LogP contribution in [-0.4, -0.2) is 38.1 Å². The van der Waals surface area contributed by atoms with Gasteiger partial charge < -0.3 is 14.8 Å². The molecule has 0 saturated heterocycles. The van der Waals surface area contributed by atoms with Crippen molar-refractivity contribution in [2.45, 2.75) is 33.0 Å². The van der Waals surface area contributed by atoms with E-state index in [0.717, 1.165) is 11.1 Å². The Morgan fingerprint density at radius 1 is 1.04 bits per heavy atom. The van der Waals surface area contributed by atoms with Gasteiger partial charge in [-0.05, 0) is 44.2 Å². The van der Waals surface area contributed by atoms with Gasteiger partial charge in [0.1, 0.15) is 0 Å². The highest BCUT2D eigenvalue weighted by Gasteiger charge is 2.18. The SMILES string of the molecule is COc1ccc(CN(C)[C@H](C)C(=O)NCc2ccc(C)cc2)cc1OC. The van der Waals surface area contributed by atoms with E-state index in [0.29, 0.717) is 24.6 Å². The Morgan fingerprint density at radius 3 is 2.27 bits per heavy atom. The maximum absolute atomic E-state index is 12.4. The van der Waals surface area contributed by atoms with Gasteiger partial charge in [-0.25, -0.2) is 0 Å². The van der Waals surface area contributed by atoms with Gasteiger partial charge in [-0.15, -0.1) is 0 Å². The zero-order chi connectivity index (χ0) is 19.1. The molecule has 0 fully saturated rings. The highest BCUT2D eigenvalue weighted by atomic mass is 16.5. The second-order valence-electron chi connectivity index (χ2n) is 6.48. The smallest absolute Gasteiger partial charge is 0.237 e. The van der Waals surface area contributed by atoms with E-state index in [-0.39, 0.29) is 11.9 Å². The van der Waals surface area contributed by atoms with E-state index in [1.54, 1.807) is 14.2 Å². The van der Waals surface area contributed by atoms with Crippen LogP contribution >= 0.6 is 0 Å². The Labute approximate surface area is 155 Å². The van der Waals surface area contributed by atoms with Crippen molar-refractivity contribution in [3.63, 3.8) is 0 Å². The second-order valence-corrected chi connectivity index (χ2v) is 6.48. The molecule has 0 aromatic heterocycles. The number of amides is 1. The largest absolute Gasteiger partial charge is 0.493 e. The van der Waals surface area contributed by atoms with Crippen molar-refractivity contribution in [2.24, 2.45) is 0 Å². The standard InChI is InChI=1S/C21H28N2O3/c1-15-6-8-17(9-7-15)13-22-21(24)16(2)23(3)14-18-10-11-19(25-4)20(12-18)26-5/h6-12,16H,13-14H2,1-5H3,(H,22,24)/t16-/m1/s1. The zero-order valence-electron chi connectivity index (χ0n) is 16.2. The van der Waals surface area contributed by atoms with Gasteiger partial charge in [-0.1, -0.05) is 35.9 Å². The van der Waals surface area contributed by atoms with E-state index >= 15 is 0 Å². The highest BCUT2D eigenvalue weighted by Crippen LogP contribution is 2.28. The summed E-state index contributed by atoms with van der Waals surface area (Å²) in [5.41, 5.74) is 3.37. The van der Waals surface area contributed by atoms with Gasteiger partial charge in [0.05, 0.1) is 20.3 Å². The summed E-state index contributed by atoms with van der Waals surface area (Å²) in [5.74, 6) is 1.39. The Morgan fingerprint density at radius 2 is 1.65 bits per heavy atom. The molecule has 26 heavy (non-hydrogen) atoms. The quantitative estimate of drug-likeness (QED) is 0.789. The molecule has 5 heteroatoms. The summed E-state index contributed by atoms with van der Waals surface area (Å²) in [6.45, 7) is 5.13. The number of nitrogens with one attached hydrogen (secondary N) is 1. The van der Waals surface area contributed by atoms with Gasteiger partial charge in [0, 0.05) is 13.1 Å². The molecule has 1 amide bonds. The van der Waals surface area contributed by atoms with Crippen LogP contribution in [0.2, 0.25) is 0 Å². The summed E-state index contributed by atoms with van der Waals surface area (Å²) >= 11 is 0. The molecule has 2 aromatic carbocycles. The van der Waals surface area contributed by atoms with E-state index in [2.05, 4.69) is 5.32 Å². The first-order valence-electron chi connectivity index (χ1n) is 8.69. The summed E-state index contributed by atoms with van der Waals surface area (Å²) in [7, 11) is 5.17. The number of hydrogen-bond acceptors (Lipinski definition) is 4. The average Bonchev–Trinajstić information content (AvgIpc) is 2.66. The average molecular weight is 356 g/mol. The number of rotatable bonds is 8. The van der Waals surface area contributed by atoms with E-state index in [9.17, 15) is 4.79 Å². The van der Waals surface area contributed by atoms with Crippen LogP contribution in [0.15, 0.2) is 42.5 Å². The molecule has 1 N–H and O–H groups in total. The van der Waals surface area contributed by atoms with Crippen LogP contribution in [-0.2, 0) is 17.9 Å². The molecule has 0 saturated carbocycles. The van der Waals surface area contributed by atoms with Crippen molar-refractivity contribution in [2.75, 3.05) is 21.3 Å². The van der Waals surface area contributed by atoms with E-state index in [4.69, 9.17) is 9.47 Å². The number of carbonyl (C=O) groups is 1. The van der Waals surface area contributed by atoms with Crippen LogP contribution in [0, 0.1) is 6.92 Å². The molecule has 5 nitrogen and oxygen atoms in total. The Kier molecular flexibility index (Phi) is 7.04. The Hall–Kier alpha value is -2.53. The number of ether oxygens (including phenoxy) is 2. The Balaban J connectivity index is 1.92. The third-order valence-electron chi connectivity index (χ3n) is 4.51. The molecule has 0 aliphatic rings. The summed E-state index contributed by atoms with van der Waals surface area (Å²) < 4.78 is 10.6. The fraction of sp³-hybridized carbons (Fsp3) is 0.381. The van der Waals surface area contributed by atoms with Gasteiger partial charge in [-0.3, -0.25) is 9.69 Å². The lowest BCUT2D eigenvalue weighted by Crippen LogP contribution is -2.42. The normalized spacial score (nSPS) is 11.9. The third-order valence-corrected chi connectivity index (χ3v) is 4.51. The van der Waals surface area contributed by atoms with Gasteiger partial charge in [0.2, 0.25) is 5.91 Å². The molecular weight excluding hydrogens is 328 g/mol. The van der Waals surface area contributed by atoms with Gasteiger partial charge in [0.15, 0.2) is 11.5 Å². The van der Waals surface area contributed by atoms with Crippen molar-refractivity contribution in [3.8, 4) is 11.5 Å². The van der Waals surface area contributed by atoms with Crippen LogP contribution in [0.3, 0.4) is 0 Å². The molecule has 2 rings (SSSR count).